The summed E-state index contributed by atoms with van der Waals surface area (Å²) in [4.78, 5) is 25.3. The molecule has 1 atom stereocenters. The molecule has 0 bridgehead atoms. The number of esters is 1. The van der Waals surface area contributed by atoms with Gasteiger partial charge in [0.05, 0.1) is 7.11 Å². The minimum absolute atomic E-state index is 0.0343. The fourth-order valence-electron chi connectivity index (χ4n) is 3.18. The fraction of sp³-hybridized carbons (Fsp3) is 0.429. The number of ether oxygens (including phenoxy) is 1. The highest BCUT2D eigenvalue weighted by atomic mass is 16.5. The molecule has 5 heteroatoms. The second-order valence-electron chi connectivity index (χ2n) is 5.42. The first-order chi connectivity index (χ1) is 9.03. The number of amides is 1. The average molecular weight is 260 g/mol. The molecule has 1 amide bonds. The lowest BCUT2D eigenvalue weighted by Gasteiger charge is -2.30. The topological polar surface area (TPSA) is 58.6 Å². The van der Waals surface area contributed by atoms with Gasteiger partial charge in [-0.1, -0.05) is 13.0 Å². The van der Waals surface area contributed by atoms with Crippen molar-refractivity contribution >= 4 is 23.3 Å². The third-order valence-electron chi connectivity index (χ3n) is 3.90. The predicted octanol–water partition coefficient (Wildman–Crippen LogP) is 1.28. The lowest BCUT2D eigenvalue weighted by atomic mass is 9.78. The van der Waals surface area contributed by atoms with Crippen LogP contribution in [0.2, 0.25) is 0 Å². The first-order valence-electron chi connectivity index (χ1n) is 6.28. The highest BCUT2D eigenvalue weighted by Gasteiger charge is 2.45. The first kappa shape index (κ1) is 12.0. The number of nitrogens with one attached hydrogen (secondary N) is 1. The Morgan fingerprint density at radius 3 is 3.05 bits per heavy atom. The molecule has 1 aromatic carbocycles. The maximum Gasteiger partial charge on any atom is 0.325 e. The van der Waals surface area contributed by atoms with Crippen LogP contribution < -0.4 is 10.2 Å². The van der Waals surface area contributed by atoms with E-state index in [9.17, 15) is 9.59 Å². The van der Waals surface area contributed by atoms with E-state index in [2.05, 4.69) is 12.2 Å². The van der Waals surface area contributed by atoms with Gasteiger partial charge < -0.3 is 15.0 Å². The zero-order chi connectivity index (χ0) is 13.6. The molecule has 0 fully saturated rings. The predicted molar refractivity (Wildman–Crippen MR) is 71.3 cm³/mol. The van der Waals surface area contributed by atoms with Crippen LogP contribution in [0, 0.1) is 0 Å². The van der Waals surface area contributed by atoms with Crippen LogP contribution in [0.4, 0.5) is 11.4 Å². The van der Waals surface area contributed by atoms with E-state index in [-0.39, 0.29) is 23.8 Å². The largest absolute Gasteiger partial charge is 0.468 e. The molecule has 19 heavy (non-hydrogen) atoms. The summed E-state index contributed by atoms with van der Waals surface area (Å²) in [5, 5.41) is 2.90. The van der Waals surface area contributed by atoms with Gasteiger partial charge in [-0.25, -0.2) is 0 Å². The summed E-state index contributed by atoms with van der Waals surface area (Å²) in [6.07, 6.45) is 0.453. The Morgan fingerprint density at radius 2 is 2.32 bits per heavy atom. The van der Waals surface area contributed by atoms with E-state index in [1.54, 1.807) is 0 Å². The van der Waals surface area contributed by atoms with Crippen molar-refractivity contribution in [3.63, 3.8) is 0 Å². The van der Waals surface area contributed by atoms with Crippen molar-refractivity contribution < 1.29 is 14.3 Å². The number of hydrogen-bond acceptors (Lipinski definition) is 4. The van der Waals surface area contributed by atoms with E-state index < -0.39 is 0 Å². The summed E-state index contributed by atoms with van der Waals surface area (Å²) in [6, 6.07) is 5.80. The number of hydrogen-bond donors (Lipinski definition) is 1. The molecular weight excluding hydrogens is 244 g/mol. The molecule has 3 rings (SSSR count). The Bertz CT molecular complexity index is 570. The van der Waals surface area contributed by atoms with Gasteiger partial charge >= 0.3 is 5.97 Å². The molecule has 2 aliphatic heterocycles. The van der Waals surface area contributed by atoms with Gasteiger partial charge in [0.1, 0.15) is 6.54 Å². The zero-order valence-electron chi connectivity index (χ0n) is 11.0. The van der Waals surface area contributed by atoms with Crippen LogP contribution in [-0.2, 0) is 19.7 Å². The van der Waals surface area contributed by atoms with Crippen LogP contribution in [0.1, 0.15) is 18.9 Å². The summed E-state index contributed by atoms with van der Waals surface area (Å²) in [5.41, 5.74) is 2.80. The van der Waals surface area contributed by atoms with Crippen LogP contribution >= 0.6 is 0 Å². The maximum atomic E-state index is 11.8. The molecule has 1 N–H and O–H groups in total. The van der Waals surface area contributed by atoms with E-state index in [0.717, 1.165) is 16.9 Å². The second-order valence-corrected chi connectivity index (χ2v) is 5.42. The first-order valence-corrected chi connectivity index (χ1v) is 6.28. The lowest BCUT2D eigenvalue weighted by Crippen LogP contribution is -2.39. The van der Waals surface area contributed by atoms with Gasteiger partial charge in [-0.15, -0.1) is 0 Å². The van der Waals surface area contributed by atoms with E-state index in [4.69, 9.17) is 4.74 Å². The number of carbonyl (C=O) groups excluding carboxylic acids is 2. The third-order valence-corrected chi connectivity index (χ3v) is 3.90. The molecule has 1 unspecified atom stereocenters. The van der Waals surface area contributed by atoms with Crippen molar-refractivity contribution in [3.8, 4) is 0 Å². The Morgan fingerprint density at radius 1 is 1.53 bits per heavy atom. The highest BCUT2D eigenvalue weighted by molar-refractivity contribution is 5.98. The number of benzene rings is 1. The number of nitrogens with zero attached hydrogens (tertiary/aromatic N) is 1. The maximum absolute atomic E-state index is 11.8. The summed E-state index contributed by atoms with van der Waals surface area (Å²) in [6.45, 7) is 2.96. The van der Waals surface area contributed by atoms with Crippen LogP contribution in [-0.4, -0.2) is 32.1 Å². The Balaban J connectivity index is 2.04. The minimum Gasteiger partial charge on any atom is -0.468 e. The van der Waals surface area contributed by atoms with Crippen LogP contribution in [0.25, 0.3) is 0 Å². The number of carbonyl (C=O) groups is 2. The minimum atomic E-state index is -0.265. The van der Waals surface area contributed by atoms with Crippen molar-refractivity contribution in [1.29, 1.82) is 0 Å². The van der Waals surface area contributed by atoms with E-state index >= 15 is 0 Å². The fourth-order valence-corrected chi connectivity index (χ4v) is 3.18. The molecule has 5 nitrogen and oxygen atoms in total. The molecule has 2 aliphatic rings. The van der Waals surface area contributed by atoms with Crippen molar-refractivity contribution in [1.82, 2.24) is 0 Å². The summed E-state index contributed by atoms with van der Waals surface area (Å²) in [7, 11) is 1.39. The summed E-state index contributed by atoms with van der Waals surface area (Å²) in [5.74, 6) is -0.230. The molecule has 0 aliphatic carbocycles. The molecule has 0 spiro atoms. The average Bonchev–Trinajstić information content (AvgIpc) is 2.63. The van der Waals surface area contributed by atoms with Crippen molar-refractivity contribution in [2.24, 2.45) is 0 Å². The molecule has 0 aromatic heterocycles. The van der Waals surface area contributed by atoms with E-state index in [1.165, 1.54) is 7.11 Å². The van der Waals surface area contributed by atoms with Crippen molar-refractivity contribution in [3.05, 3.63) is 23.8 Å². The molecule has 2 heterocycles. The van der Waals surface area contributed by atoms with Gasteiger partial charge in [-0.3, -0.25) is 9.59 Å². The monoisotopic (exact) mass is 260 g/mol. The standard InChI is InChI=1S/C14H16N2O3/c1-14-6-11(17)15-9-4-3-5-10(13(9)14)16(8-14)7-12(18)19-2/h3-5H,6-8H2,1-2H3,(H,15,17). The Labute approximate surface area is 111 Å². The second kappa shape index (κ2) is 3.98. The third kappa shape index (κ3) is 1.77. The molecule has 100 valence electrons. The van der Waals surface area contributed by atoms with Gasteiger partial charge in [-0.05, 0) is 12.1 Å². The Kier molecular flexibility index (Phi) is 2.52. The SMILES string of the molecule is COC(=O)CN1CC2(C)CC(=O)Nc3cccc1c32. The number of anilines is 2. The van der Waals surface area contributed by atoms with Gasteiger partial charge in [0, 0.05) is 35.3 Å². The molecular formula is C14H16N2O3. The van der Waals surface area contributed by atoms with Gasteiger partial charge in [0.25, 0.3) is 0 Å². The van der Waals surface area contributed by atoms with Crippen molar-refractivity contribution in [2.45, 2.75) is 18.8 Å². The Hall–Kier alpha value is -2.04. The number of methoxy groups -OCH3 is 1. The van der Waals surface area contributed by atoms with Gasteiger partial charge in [-0.2, -0.15) is 0 Å². The number of rotatable bonds is 2. The molecule has 1 aromatic rings. The highest BCUT2D eigenvalue weighted by Crippen LogP contribution is 2.48. The van der Waals surface area contributed by atoms with E-state index in [1.807, 2.05) is 23.1 Å². The zero-order valence-corrected chi connectivity index (χ0v) is 11.0. The lowest BCUT2D eigenvalue weighted by molar-refractivity contribution is -0.138. The summed E-state index contributed by atoms with van der Waals surface area (Å²) < 4.78 is 4.73. The van der Waals surface area contributed by atoms with Crippen LogP contribution in [0.15, 0.2) is 18.2 Å². The molecule has 0 saturated carbocycles. The van der Waals surface area contributed by atoms with E-state index in [0.29, 0.717) is 13.0 Å². The quantitative estimate of drug-likeness (QED) is 0.814. The smallest absolute Gasteiger partial charge is 0.325 e. The summed E-state index contributed by atoms with van der Waals surface area (Å²) >= 11 is 0. The molecule has 0 saturated heterocycles. The van der Waals surface area contributed by atoms with Gasteiger partial charge in [0.15, 0.2) is 0 Å². The molecule has 0 radical (unpaired) electrons. The normalized spacial score (nSPS) is 23.9. The van der Waals surface area contributed by atoms with Crippen LogP contribution in [0.3, 0.4) is 0 Å². The van der Waals surface area contributed by atoms with Gasteiger partial charge in [0.2, 0.25) is 5.91 Å². The van der Waals surface area contributed by atoms with Crippen molar-refractivity contribution in [2.75, 3.05) is 30.4 Å². The van der Waals surface area contributed by atoms with Crippen LogP contribution in [0.5, 0.6) is 0 Å².